The molecule has 0 amide bonds. The maximum absolute atomic E-state index is 10.2. The van der Waals surface area contributed by atoms with Crippen LogP contribution in [0.4, 0.5) is 0 Å². The molecule has 0 spiro atoms. The van der Waals surface area contributed by atoms with Gasteiger partial charge in [-0.05, 0) is 20.9 Å². The zero-order valence-electron chi connectivity index (χ0n) is 4.69. The summed E-state index contributed by atoms with van der Waals surface area (Å²) in [5.74, 6) is 0.0718. The van der Waals surface area contributed by atoms with Crippen molar-refractivity contribution in [1.82, 2.24) is 5.32 Å². The molecule has 2 nitrogen and oxygen atoms in total. The van der Waals surface area contributed by atoms with Crippen molar-refractivity contribution in [3.05, 3.63) is 6.92 Å². The second-order valence-electron chi connectivity index (χ2n) is 1.45. The van der Waals surface area contributed by atoms with Crippen LogP contribution in [0, 0.1) is 6.92 Å². The zero-order chi connectivity index (χ0) is 5.86. The molecule has 2 heteroatoms. The van der Waals surface area contributed by atoms with Crippen LogP contribution in [0.25, 0.3) is 0 Å². The molecule has 0 aliphatic heterocycles. The first-order chi connectivity index (χ1) is 3.18. The molecule has 0 aromatic heterocycles. The lowest BCUT2D eigenvalue weighted by Crippen LogP contribution is -2.28. The van der Waals surface area contributed by atoms with Gasteiger partial charge in [0.1, 0.15) is 5.78 Å². The maximum atomic E-state index is 10.2. The standard InChI is InChI=1S/C5H10NO/c1-4(6-3)5(2)7/h4,6H,1H2,2-3H3/t4-/m0/s1. The molecule has 0 unspecified atom stereocenters. The molecule has 0 heterocycles. The molecule has 0 aliphatic rings. The summed E-state index contributed by atoms with van der Waals surface area (Å²) >= 11 is 0. The van der Waals surface area contributed by atoms with E-state index in [1.165, 1.54) is 6.92 Å². The summed E-state index contributed by atoms with van der Waals surface area (Å²) in [6.45, 7) is 5.00. The van der Waals surface area contributed by atoms with Crippen LogP contribution in [0.2, 0.25) is 0 Å². The van der Waals surface area contributed by atoms with Gasteiger partial charge in [0.2, 0.25) is 0 Å². The summed E-state index contributed by atoms with van der Waals surface area (Å²) < 4.78 is 0. The lowest BCUT2D eigenvalue weighted by atomic mass is 10.2. The van der Waals surface area contributed by atoms with Gasteiger partial charge in [-0.3, -0.25) is 4.79 Å². The highest BCUT2D eigenvalue weighted by Crippen LogP contribution is 1.76. The van der Waals surface area contributed by atoms with Gasteiger partial charge in [-0.1, -0.05) is 0 Å². The van der Waals surface area contributed by atoms with Crippen molar-refractivity contribution < 1.29 is 4.79 Å². The van der Waals surface area contributed by atoms with Crippen molar-refractivity contribution in [3.8, 4) is 0 Å². The Kier molecular flexibility index (Phi) is 2.60. The Morgan fingerprint density at radius 3 is 2.29 bits per heavy atom. The third-order valence-electron chi connectivity index (χ3n) is 0.839. The van der Waals surface area contributed by atoms with Gasteiger partial charge < -0.3 is 5.32 Å². The fraction of sp³-hybridized carbons (Fsp3) is 0.600. The first-order valence-electron chi connectivity index (χ1n) is 2.19. The maximum Gasteiger partial charge on any atom is 0.146 e. The van der Waals surface area contributed by atoms with E-state index >= 15 is 0 Å². The smallest absolute Gasteiger partial charge is 0.146 e. The van der Waals surface area contributed by atoms with Crippen LogP contribution in [0.1, 0.15) is 6.92 Å². The summed E-state index contributed by atoms with van der Waals surface area (Å²) in [5.41, 5.74) is 0. The Morgan fingerprint density at radius 1 is 1.86 bits per heavy atom. The monoisotopic (exact) mass is 100 g/mol. The molecule has 0 fully saturated rings. The minimum atomic E-state index is -0.236. The van der Waals surface area contributed by atoms with Crippen LogP contribution in [-0.4, -0.2) is 18.9 Å². The van der Waals surface area contributed by atoms with Gasteiger partial charge in [-0.25, -0.2) is 0 Å². The van der Waals surface area contributed by atoms with Gasteiger partial charge in [0.05, 0.1) is 6.04 Å². The number of ketones is 1. The molecular formula is C5H10NO. The highest BCUT2D eigenvalue weighted by atomic mass is 16.1. The summed E-state index contributed by atoms with van der Waals surface area (Å²) in [6, 6.07) is -0.236. The molecule has 0 bridgehead atoms. The molecule has 0 rings (SSSR count). The Bertz CT molecular complexity index is 70.5. The van der Waals surface area contributed by atoms with Gasteiger partial charge in [0.25, 0.3) is 0 Å². The average Bonchev–Trinajstić information content (AvgIpc) is 1.65. The van der Waals surface area contributed by atoms with Crippen LogP contribution in [0.3, 0.4) is 0 Å². The molecule has 7 heavy (non-hydrogen) atoms. The van der Waals surface area contributed by atoms with E-state index in [0.717, 1.165) is 0 Å². The predicted molar refractivity (Wildman–Crippen MR) is 28.9 cm³/mol. The average molecular weight is 100 g/mol. The van der Waals surface area contributed by atoms with Crippen molar-refractivity contribution in [2.75, 3.05) is 7.05 Å². The summed E-state index contributed by atoms with van der Waals surface area (Å²) in [4.78, 5) is 10.2. The zero-order valence-corrected chi connectivity index (χ0v) is 4.69. The summed E-state index contributed by atoms with van der Waals surface area (Å²) in [7, 11) is 1.71. The molecule has 0 aromatic carbocycles. The number of likely N-dealkylation sites (N-methyl/N-ethyl adjacent to an activating group) is 1. The highest BCUT2D eigenvalue weighted by molar-refractivity contribution is 5.81. The van der Waals surface area contributed by atoms with E-state index in [0.29, 0.717) is 0 Å². The van der Waals surface area contributed by atoms with Gasteiger partial charge in [0, 0.05) is 0 Å². The number of carbonyl (C=O) groups excluding carboxylic acids is 1. The quantitative estimate of drug-likeness (QED) is 0.529. The van der Waals surface area contributed by atoms with Crippen molar-refractivity contribution in [2.24, 2.45) is 0 Å². The third kappa shape index (κ3) is 2.34. The van der Waals surface area contributed by atoms with E-state index in [1.807, 2.05) is 0 Å². The van der Waals surface area contributed by atoms with Crippen LogP contribution in [-0.2, 0) is 4.79 Å². The third-order valence-corrected chi connectivity index (χ3v) is 0.839. The minimum absolute atomic E-state index is 0.0718. The largest absolute Gasteiger partial charge is 0.311 e. The Labute approximate surface area is 43.9 Å². The normalized spacial score (nSPS) is 13.6. The molecular weight excluding hydrogens is 90.1 g/mol. The Hall–Kier alpha value is -0.370. The second kappa shape index (κ2) is 2.75. The van der Waals surface area contributed by atoms with Gasteiger partial charge >= 0.3 is 0 Å². The van der Waals surface area contributed by atoms with Crippen LogP contribution in [0.5, 0.6) is 0 Å². The molecule has 0 saturated heterocycles. The fourth-order valence-corrected chi connectivity index (χ4v) is 0.203. The van der Waals surface area contributed by atoms with Crippen LogP contribution in [0.15, 0.2) is 0 Å². The predicted octanol–water partition coefficient (Wildman–Crippen LogP) is -0.00251. The molecule has 0 aromatic rings. The molecule has 0 aliphatic carbocycles. The summed E-state index contributed by atoms with van der Waals surface area (Å²) in [6.07, 6.45) is 0. The van der Waals surface area contributed by atoms with Crippen molar-refractivity contribution in [1.29, 1.82) is 0 Å². The van der Waals surface area contributed by atoms with E-state index in [2.05, 4.69) is 12.2 Å². The fourth-order valence-electron chi connectivity index (χ4n) is 0.203. The minimum Gasteiger partial charge on any atom is -0.311 e. The van der Waals surface area contributed by atoms with Gasteiger partial charge in [-0.15, -0.1) is 0 Å². The van der Waals surface area contributed by atoms with Gasteiger partial charge in [-0.2, -0.15) is 0 Å². The lowest BCUT2D eigenvalue weighted by Gasteiger charge is -2.01. The molecule has 0 saturated carbocycles. The molecule has 1 radical (unpaired) electrons. The Morgan fingerprint density at radius 2 is 2.29 bits per heavy atom. The van der Waals surface area contributed by atoms with E-state index in [-0.39, 0.29) is 11.8 Å². The molecule has 1 N–H and O–H groups in total. The highest BCUT2D eigenvalue weighted by Gasteiger charge is 2.00. The number of hydrogen-bond acceptors (Lipinski definition) is 2. The number of carbonyl (C=O) groups is 1. The van der Waals surface area contributed by atoms with Crippen molar-refractivity contribution in [3.63, 3.8) is 0 Å². The number of rotatable bonds is 2. The van der Waals surface area contributed by atoms with Gasteiger partial charge in [0.15, 0.2) is 0 Å². The SMILES string of the molecule is [CH2][C@H](NC)C(C)=O. The lowest BCUT2D eigenvalue weighted by molar-refractivity contribution is -0.117. The topological polar surface area (TPSA) is 29.1 Å². The first-order valence-corrected chi connectivity index (χ1v) is 2.19. The van der Waals surface area contributed by atoms with E-state index in [1.54, 1.807) is 7.05 Å². The van der Waals surface area contributed by atoms with E-state index < -0.39 is 0 Å². The van der Waals surface area contributed by atoms with Crippen molar-refractivity contribution >= 4 is 5.78 Å². The van der Waals surface area contributed by atoms with Crippen molar-refractivity contribution in [2.45, 2.75) is 13.0 Å². The van der Waals surface area contributed by atoms with E-state index in [9.17, 15) is 4.79 Å². The van der Waals surface area contributed by atoms with E-state index in [4.69, 9.17) is 0 Å². The van der Waals surface area contributed by atoms with Crippen LogP contribution < -0.4 is 5.32 Å². The molecule has 1 atom stereocenters. The summed E-state index contributed by atoms with van der Waals surface area (Å²) in [5, 5.41) is 2.70. The number of nitrogens with one attached hydrogen (secondary N) is 1. The Balaban J connectivity index is 3.34. The molecule has 41 valence electrons. The number of hydrogen-bond donors (Lipinski definition) is 1. The first kappa shape index (κ1) is 6.63. The second-order valence-corrected chi connectivity index (χ2v) is 1.45. The number of Topliss-reactive ketones (excluding diaryl/α,β-unsaturated/α-hetero) is 1. The van der Waals surface area contributed by atoms with Crippen LogP contribution >= 0.6 is 0 Å².